The van der Waals surface area contributed by atoms with Crippen LogP contribution in [0.3, 0.4) is 0 Å². The first-order valence-electron chi connectivity index (χ1n) is 12.3. The van der Waals surface area contributed by atoms with Crippen LogP contribution in [-0.2, 0) is 22.0 Å². The number of aromatic nitrogens is 5. The lowest BCUT2D eigenvalue weighted by Gasteiger charge is -2.19. The standard InChI is InChI=1S/C26H31N7O4S/c1-14(34)29-18-11-16(7-9-27-18)37-17-12-28-23-20(21(17)35-6)33(5)24(31-23)32-25-30-19(15-8-10-36-13-15)22(38-25)26(2,3)4/h7,9,11-12,15H,8,10,13H2,1-6H3,(H,27,29,34)(H,28,30,31,32)/t15-/m0/s1. The minimum atomic E-state index is -0.219. The van der Waals surface area contributed by atoms with Gasteiger partial charge >= 0.3 is 0 Å². The molecule has 0 bridgehead atoms. The van der Waals surface area contributed by atoms with Crippen LogP contribution in [0, 0.1) is 0 Å². The molecule has 0 unspecified atom stereocenters. The molecule has 4 aromatic rings. The Morgan fingerprint density at radius 3 is 2.76 bits per heavy atom. The second kappa shape index (κ2) is 10.2. The summed E-state index contributed by atoms with van der Waals surface area (Å²) >= 11 is 1.64. The average Bonchev–Trinajstić information content (AvgIpc) is 3.59. The number of ether oxygens (including phenoxy) is 3. The molecule has 1 aliphatic heterocycles. The third-order valence-corrected chi connectivity index (χ3v) is 7.57. The van der Waals surface area contributed by atoms with Crippen molar-refractivity contribution in [3.8, 4) is 17.2 Å². The van der Waals surface area contributed by atoms with Crippen molar-refractivity contribution in [1.29, 1.82) is 0 Å². The van der Waals surface area contributed by atoms with Gasteiger partial charge in [0.2, 0.25) is 11.9 Å². The summed E-state index contributed by atoms with van der Waals surface area (Å²) in [4.78, 5) is 30.9. The lowest BCUT2D eigenvalue weighted by molar-refractivity contribution is -0.114. The Balaban J connectivity index is 1.47. The Morgan fingerprint density at radius 2 is 2.08 bits per heavy atom. The van der Waals surface area contributed by atoms with Crippen molar-refractivity contribution in [3.63, 3.8) is 0 Å². The van der Waals surface area contributed by atoms with Crippen molar-refractivity contribution in [2.45, 2.75) is 45.4 Å². The molecule has 11 nitrogen and oxygen atoms in total. The van der Waals surface area contributed by atoms with Gasteiger partial charge in [0, 0.05) is 43.6 Å². The van der Waals surface area contributed by atoms with Gasteiger partial charge in [-0.25, -0.2) is 15.0 Å². The van der Waals surface area contributed by atoms with Crippen molar-refractivity contribution in [1.82, 2.24) is 24.5 Å². The van der Waals surface area contributed by atoms with Crippen molar-refractivity contribution < 1.29 is 19.0 Å². The molecule has 38 heavy (non-hydrogen) atoms. The third-order valence-electron chi connectivity index (χ3n) is 6.16. The summed E-state index contributed by atoms with van der Waals surface area (Å²) in [5.74, 6) is 2.42. The van der Waals surface area contributed by atoms with E-state index >= 15 is 0 Å². The molecule has 1 saturated heterocycles. The van der Waals surface area contributed by atoms with Gasteiger partial charge in [0.15, 0.2) is 22.3 Å². The van der Waals surface area contributed by atoms with Crippen LogP contribution in [-0.4, -0.2) is 50.7 Å². The molecular formula is C26H31N7O4S. The first kappa shape index (κ1) is 25.9. The van der Waals surface area contributed by atoms with E-state index < -0.39 is 0 Å². The maximum Gasteiger partial charge on any atom is 0.222 e. The van der Waals surface area contributed by atoms with Gasteiger partial charge in [0.05, 0.1) is 25.6 Å². The lowest BCUT2D eigenvalue weighted by atomic mass is 9.89. The average molecular weight is 538 g/mol. The number of thiazole rings is 1. The van der Waals surface area contributed by atoms with Gasteiger partial charge in [-0.05, 0) is 17.9 Å². The van der Waals surface area contributed by atoms with Gasteiger partial charge in [-0.1, -0.05) is 20.8 Å². The number of carbonyl (C=O) groups is 1. The SMILES string of the molecule is COc1c(Oc2ccnc(NC(C)=O)c2)cnc2nc(Nc3nc([C@H]4CCOC4)c(C(C)(C)C)s3)n(C)c12. The second-order valence-corrected chi connectivity index (χ2v) is 11.2. The van der Waals surface area contributed by atoms with Gasteiger partial charge in [0.25, 0.3) is 0 Å². The first-order chi connectivity index (χ1) is 18.1. The number of fused-ring (bicyclic) bond motifs is 1. The highest BCUT2D eigenvalue weighted by Crippen LogP contribution is 2.42. The van der Waals surface area contributed by atoms with Crippen molar-refractivity contribution in [2.24, 2.45) is 7.05 Å². The number of nitrogens with one attached hydrogen (secondary N) is 2. The zero-order valence-electron chi connectivity index (χ0n) is 22.3. The van der Waals surface area contributed by atoms with Crippen LogP contribution < -0.4 is 20.1 Å². The van der Waals surface area contributed by atoms with Gasteiger partial charge in [-0.15, -0.1) is 11.3 Å². The number of nitrogens with zero attached hydrogens (tertiary/aromatic N) is 5. The number of hydrogen-bond acceptors (Lipinski definition) is 10. The minimum Gasteiger partial charge on any atom is -0.491 e. The van der Waals surface area contributed by atoms with Crippen LogP contribution in [0.25, 0.3) is 11.2 Å². The molecule has 5 rings (SSSR count). The van der Waals surface area contributed by atoms with Crippen LogP contribution in [0.4, 0.5) is 16.9 Å². The van der Waals surface area contributed by atoms with E-state index in [9.17, 15) is 4.79 Å². The molecule has 2 N–H and O–H groups in total. The monoisotopic (exact) mass is 537 g/mol. The largest absolute Gasteiger partial charge is 0.491 e. The fourth-order valence-corrected chi connectivity index (χ4v) is 5.50. The Kier molecular flexibility index (Phi) is 6.93. The number of hydrogen-bond donors (Lipinski definition) is 2. The van der Waals surface area contributed by atoms with Gasteiger partial charge in [-0.3, -0.25) is 4.79 Å². The second-order valence-electron chi connectivity index (χ2n) is 10.2. The fourth-order valence-electron chi connectivity index (χ4n) is 4.40. The van der Waals surface area contributed by atoms with Crippen LogP contribution in [0.15, 0.2) is 24.5 Å². The van der Waals surface area contributed by atoms with Crippen LogP contribution in [0.2, 0.25) is 0 Å². The quantitative estimate of drug-likeness (QED) is 0.330. The van der Waals surface area contributed by atoms with E-state index in [1.165, 1.54) is 11.8 Å². The van der Waals surface area contributed by atoms with Crippen molar-refractivity contribution >= 4 is 45.3 Å². The molecule has 1 amide bonds. The maximum absolute atomic E-state index is 11.4. The van der Waals surface area contributed by atoms with E-state index in [1.54, 1.807) is 43.0 Å². The number of aryl methyl sites for hydroxylation is 1. The molecule has 1 atom stereocenters. The molecule has 1 aliphatic rings. The topological polar surface area (TPSA) is 125 Å². The number of amides is 1. The number of pyridine rings is 2. The molecular weight excluding hydrogens is 506 g/mol. The Bertz CT molecular complexity index is 1490. The normalized spacial score (nSPS) is 15.6. The van der Waals surface area contributed by atoms with Crippen molar-refractivity contribution in [2.75, 3.05) is 31.0 Å². The number of methoxy groups -OCH3 is 1. The molecule has 0 spiro atoms. The van der Waals surface area contributed by atoms with Crippen molar-refractivity contribution in [3.05, 3.63) is 35.1 Å². The van der Waals surface area contributed by atoms with Crippen LogP contribution in [0.5, 0.6) is 17.2 Å². The van der Waals surface area contributed by atoms with Gasteiger partial charge in [-0.2, -0.15) is 4.98 Å². The zero-order chi connectivity index (χ0) is 27.0. The molecule has 4 aromatic heterocycles. The highest BCUT2D eigenvalue weighted by molar-refractivity contribution is 7.16. The van der Waals surface area contributed by atoms with Crippen LogP contribution >= 0.6 is 11.3 Å². The third kappa shape index (κ3) is 5.14. The number of rotatable bonds is 7. The molecule has 0 saturated carbocycles. The maximum atomic E-state index is 11.4. The number of anilines is 3. The molecule has 0 aliphatic carbocycles. The smallest absolute Gasteiger partial charge is 0.222 e. The highest BCUT2D eigenvalue weighted by atomic mass is 32.1. The number of carbonyl (C=O) groups excluding carboxylic acids is 1. The van der Waals surface area contributed by atoms with Crippen LogP contribution in [0.1, 0.15) is 50.6 Å². The summed E-state index contributed by atoms with van der Waals surface area (Å²) < 4.78 is 19.3. The van der Waals surface area contributed by atoms with E-state index in [-0.39, 0.29) is 11.3 Å². The summed E-state index contributed by atoms with van der Waals surface area (Å²) in [5.41, 5.74) is 2.24. The van der Waals surface area contributed by atoms with E-state index in [0.29, 0.717) is 52.7 Å². The summed E-state index contributed by atoms with van der Waals surface area (Å²) in [6.45, 7) is 9.50. The van der Waals surface area contributed by atoms with E-state index in [1.807, 2.05) is 11.6 Å². The molecule has 12 heteroatoms. The molecule has 200 valence electrons. The van der Waals surface area contributed by atoms with E-state index in [0.717, 1.165) is 23.9 Å². The predicted octanol–water partition coefficient (Wildman–Crippen LogP) is 5.12. The minimum absolute atomic E-state index is 0.0361. The highest BCUT2D eigenvalue weighted by Gasteiger charge is 2.30. The first-order valence-corrected chi connectivity index (χ1v) is 13.1. The molecule has 0 aromatic carbocycles. The Hall–Kier alpha value is -3.77. The molecule has 5 heterocycles. The summed E-state index contributed by atoms with van der Waals surface area (Å²) in [5, 5.41) is 6.82. The Morgan fingerprint density at radius 1 is 1.26 bits per heavy atom. The summed E-state index contributed by atoms with van der Waals surface area (Å²) in [7, 11) is 3.46. The fraction of sp³-hybridized carbons (Fsp3) is 0.423. The molecule has 0 radical (unpaired) electrons. The summed E-state index contributed by atoms with van der Waals surface area (Å²) in [6.07, 6.45) is 4.10. The van der Waals surface area contributed by atoms with Gasteiger partial charge < -0.3 is 29.4 Å². The molecule has 1 fully saturated rings. The van der Waals surface area contributed by atoms with E-state index in [2.05, 4.69) is 41.4 Å². The predicted molar refractivity (Wildman–Crippen MR) is 146 cm³/mol. The van der Waals surface area contributed by atoms with E-state index in [4.69, 9.17) is 24.2 Å². The number of imidazole rings is 1. The zero-order valence-corrected chi connectivity index (χ0v) is 23.1. The lowest BCUT2D eigenvalue weighted by Crippen LogP contribution is -2.14. The van der Waals surface area contributed by atoms with Gasteiger partial charge in [0.1, 0.15) is 17.1 Å². The summed E-state index contributed by atoms with van der Waals surface area (Å²) in [6, 6.07) is 3.32. The Labute approximate surface area is 224 Å².